The Labute approximate surface area is 100 Å². The van der Waals surface area contributed by atoms with Crippen molar-refractivity contribution in [3.8, 4) is 0 Å². The number of rotatable bonds is 6. The Morgan fingerprint density at radius 1 is 1.44 bits per heavy atom. The Balaban J connectivity index is 2.06. The molecule has 1 fully saturated rings. The van der Waals surface area contributed by atoms with E-state index in [1.807, 2.05) is 0 Å². The van der Waals surface area contributed by atoms with Crippen LogP contribution in [0.2, 0.25) is 0 Å². The van der Waals surface area contributed by atoms with Gasteiger partial charge in [0.1, 0.15) is 0 Å². The molecule has 0 aromatic carbocycles. The molecule has 2 N–H and O–H groups in total. The Morgan fingerprint density at radius 3 is 2.75 bits per heavy atom. The summed E-state index contributed by atoms with van der Waals surface area (Å²) in [4.78, 5) is 0. The molecule has 0 radical (unpaired) electrons. The molecular formula is C13H28N2O. The van der Waals surface area contributed by atoms with Crippen LogP contribution in [0.15, 0.2) is 0 Å². The zero-order valence-corrected chi connectivity index (χ0v) is 11.3. The van der Waals surface area contributed by atoms with E-state index in [2.05, 4.69) is 38.3 Å². The van der Waals surface area contributed by atoms with Crippen molar-refractivity contribution in [1.82, 2.24) is 10.6 Å². The summed E-state index contributed by atoms with van der Waals surface area (Å²) in [6, 6.07) is 0.545. The van der Waals surface area contributed by atoms with Crippen LogP contribution >= 0.6 is 0 Å². The lowest BCUT2D eigenvalue weighted by molar-refractivity contribution is 0.0739. The third-order valence-corrected chi connectivity index (χ3v) is 3.81. The Hall–Kier alpha value is -0.120. The minimum Gasteiger partial charge on any atom is -0.379 e. The molecule has 0 aromatic rings. The average molecular weight is 228 g/mol. The van der Waals surface area contributed by atoms with Crippen molar-refractivity contribution < 1.29 is 4.74 Å². The Bertz CT molecular complexity index is 186. The van der Waals surface area contributed by atoms with E-state index >= 15 is 0 Å². The molecule has 1 saturated heterocycles. The van der Waals surface area contributed by atoms with Crippen LogP contribution in [0.4, 0.5) is 0 Å². The van der Waals surface area contributed by atoms with E-state index < -0.39 is 0 Å². The van der Waals surface area contributed by atoms with Gasteiger partial charge in [-0.2, -0.15) is 0 Å². The van der Waals surface area contributed by atoms with Gasteiger partial charge in [0.15, 0.2) is 0 Å². The van der Waals surface area contributed by atoms with Gasteiger partial charge in [0.25, 0.3) is 0 Å². The Kier molecular flexibility index (Phi) is 5.73. The normalized spacial score (nSPS) is 22.7. The van der Waals surface area contributed by atoms with E-state index in [0.29, 0.717) is 11.5 Å². The maximum atomic E-state index is 5.43. The molecule has 0 amide bonds. The molecule has 1 aliphatic heterocycles. The van der Waals surface area contributed by atoms with Crippen LogP contribution in [0.25, 0.3) is 0 Å². The molecule has 96 valence electrons. The van der Waals surface area contributed by atoms with Gasteiger partial charge in [0, 0.05) is 19.1 Å². The third kappa shape index (κ3) is 4.81. The number of hydrogen-bond acceptors (Lipinski definition) is 3. The van der Waals surface area contributed by atoms with Crippen molar-refractivity contribution in [2.45, 2.75) is 40.2 Å². The highest BCUT2D eigenvalue weighted by Crippen LogP contribution is 2.24. The number of morpholine rings is 1. The first-order valence-electron chi connectivity index (χ1n) is 6.54. The monoisotopic (exact) mass is 228 g/mol. The van der Waals surface area contributed by atoms with E-state index in [1.165, 1.54) is 0 Å². The zero-order valence-electron chi connectivity index (χ0n) is 11.3. The van der Waals surface area contributed by atoms with Crippen LogP contribution in [-0.4, -0.2) is 38.9 Å². The average Bonchev–Trinajstić information content (AvgIpc) is 2.26. The second-order valence-electron chi connectivity index (χ2n) is 5.83. The SMILES string of the molecule is CC(C)C(C)(C)CNCCC1COCCN1. The first kappa shape index (κ1) is 13.9. The van der Waals surface area contributed by atoms with Gasteiger partial charge >= 0.3 is 0 Å². The van der Waals surface area contributed by atoms with Gasteiger partial charge in [0.2, 0.25) is 0 Å². The summed E-state index contributed by atoms with van der Waals surface area (Å²) in [5.74, 6) is 0.719. The standard InChI is InChI=1S/C13H28N2O/c1-11(2)13(3,4)10-14-6-5-12-9-16-8-7-15-12/h11-12,14-15H,5-10H2,1-4H3. The molecule has 1 heterocycles. The van der Waals surface area contributed by atoms with Gasteiger partial charge in [-0.05, 0) is 24.3 Å². The molecule has 1 rings (SSSR count). The van der Waals surface area contributed by atoms with Gasteiger partial charge < -0.3 is 15.4 Å². The van der Waals surface area contributed by atoms with Gasteiger partial charge in [0.05, 0.1) is 13.2 Å². The molecule has 1 atom stereocenters. The summed E-state index contributed by atoms with van der Waals surface area (Å²) in [5.41, 5.74) is 0.385. The molecule has 0 aliphatic carbocycles. The van der Waals surface area contributed by atoms with E-state index in [9.17, 15) is 0 Å². The van der Waals surface area contributed by atoms with Crippen LogP contribution in [0.1, 0.15) is 34.1 Å². The molecule has 16 heavy (non-hydrogen) atoms. The minimum absolute atomic E-state index is 0.385. The zero-order chi connectivity index (χ0) is 12.0. The largest absolute Gasteiger partial charge is 0.379 e. The van der Waals surface area contributed by atoms with E-state index in [4.69, 9.17) is 4.74 Å². The summed E-state index contributed by atoms with van der Waals surface area (Å²) in [6.45, 7) is 14.1. The topological polar surface area (TPSA) is 33.3 Å². The molecule has 3 heteroatoms. The Morgan fingerprint density at radius 2 is 2.19 bits per heavy atom. The van der Waals surface area contributed by atoms with Crippen molar-refractivity contribution in [3.05, 3.63) is 0 Å². The van der Waals surface area contributed by atoms with E-state index in [1.54, 1.807) is 0 Å². The predicted octanol–water partition coefficient (Wildman–Crippen LogP) is 1.64. The number of ether oxygens (including phenoxy) is 1. The fourth-order valence-corrected chi connectivity index (χ4v) is 1.70. The summed E-state index contributed by atoms with van der Waals surface area (Å²) in [6.07, 6.45) is 1.16. The first-order valence-corrected chi connectivity index (χ1v) is 6.54. The second kappa shape index (κ2) is 6.58. The van der Waals surface area contributed by atoms with Crippen LogP contribution < -0.4 is 10.6 Å². The van der Waals surface area contributed by atoms with Crippen molar-refractivity contribution in [1.29, 1.82) is 0 Å². The maximum Gasteiger partial charge on any atom is 0.0620 e. The fraction of sp³-hybridized carbons (Fsp3) is 1.00. The fourth-order valence-electron chi connectivity index (χ4n) is 1.70. The summed E-state index contributed by atoms with van der Waals surface area (Å²) in [7, 11) is 0. The lowest BCUT2D eigenvalue weighted by atomic mass is 9.81. The molecule has 1 aliphatic rings. The van der Waals surface area contributed by atoms with Crippen molar-refractivity contribution >= 4 is 0 Å². The second-order valence-corrected chi connectivity index (χ2v) is 5.83. The van der Waals surface area contributed by atoms with Gasteiger partial charge in [-0.25, -0.2) is 0 Å². The molecule has 0 aromatic heterocycles. The third-order valence-electron chi connectivity index (χ3n) is 3.81. The minimum atomic E-state index is 0.385. The van der Waals surface area contributed by atoms with Crippen LogP contribution in [-0.2, 0) is 4.74 Å². The lowest BCUT2D eigenvalue weighted by Gasteiger charge is -2.30. The van der Waals surface area contributed by atoms with Crippen molar-refractivity contribution in [2.24, 2.45) is 11.3 Å². The quantitative estimate of drug-likeness (QED) is 0.678. The maximum absolute atomic E-state index is 5.43. The molecule has 0 bridgehead atoms. The van der Waals surface area contributed by atoms with Gasteiger partial charge in [-0.15, -0.1) is 0 Å². The molecule has 1 unspecified atom stereocenters. The smallest absolute Gasteiger partial charge is 0.0620 e. The van der Waals surface area contributed by atoms with E-state index in [-0.39, 0.29) is 0 Å². The lowest BCUT2D eigenvalue weighted by Crippen LogP contribution is -2.43. The summed E-state index contributed by atoms with van der Waals surface area (Å²) >= 11 is 0. The van der Waals surface area contributed by atoms with E-state index in [0.717, 1.165) is 45.2 Å². The molecule has 0 saturated carbocycles. The number of hydrogen-bond donors (Lipinski definition) is 2. The highest BCUT2D eigenvalue weighted by atomic mass is 16.5. The van der Waals surface area contributed by atoms with Crippen LogP contribution in [0, 0.1) is 11.3 Å². The van der Waals surface area contributed by atoms with Crippen LogP contribution in [0.5, 0.6) is 0 Å². The first-order chi connectivity index (χ1) is 7.52. The summed E-state index contributed by atoms with van der Waals surface area (Å²) in [5, 5.41) is 7.03. The molecular weight excluding hydrogens is 200 g/mol. The van der Waals surface area contributed by atoms with Crippen LogP contribution in [0.3, 0.4) is 0 Å². The van der Waals surface area contributed by atoms with Gasteiger partial charge in [-0.3, -0.25) is 0 Å². The predicted molar refractivity (Wildman–Crippen MR) is 68.7 cm³/mol. The molecule has 3 nitrogen and oxygen atoms in total. The summed E-state index contributed by atoms with van der Waals surface area (Å²) < 4.78 is 5.43. The van der Waals surface area contributed by atoms with Crippen molar-refractivity contribution in [3.63, 3.8) is 0 Å². The molecule has 0 spiro atoms. The van der Waals surface area contributed by atoms with Crippen molar-refractivity contribution in [2.75, 3.05) is 32.8 Å². The number of nitrogens with one attached hydrogen (secondary N) is 2. The highest BCUT2D eigenvalue weighted by molar-refractivity contribution is 4.76. The highest BCUT2D eigenvalue weighted by Gasteiger charge is 2.21. The van der Waals surface area contributed by atoms with Gasteiger partial charge in [-0.1, -0.05) is 27.7 Å².